The van der Waals surface area contributed by atoms with E-state index < -0.39 is 30.2 Å². The predicted octanol–water partition coefficient (Wildman–Crippen LogP) is 1.55. The SMILES string of the molecule is Cc1ccc(OCC(F)(F)F)c(-n2c(N)c3c(cc2=O)C(=O)NC3=O)c1. The number of hydrogen-bond acceptors (Lipinski definition) is 5. The second-order valence-corrected chi connectivity index (χ2v) is 5.65. The van der Waals surface area contributed by atoms with E-state index >= 15 is 0 Å². The summed E-state index contributed by atoms with van der Waals surface area (Å²) in [4.78, 5) is 36.0. The van der Waals surface area contributed by atoms with Gasteiger partial charge in [-0.25, -0.2) is 0 Å². The summed E-state index contributed by atoms with van der Waals surface area (Å²) in [5, 5.41) is 2.01. The highest BCUT2D eigenvalue weighted by Gasteiger charge is 2.33. The number of rotatable bonds is 3. The first kappa shape index (κ1) is 17.5. The quantitative estimate of drug-likeness (QED) is 0.802. The molecule has 26 heavy (non-hydrogen) atoms. The number of alkyl halides is 3. The number of aryl methyl sites for hydroxylation is 1. The third-order valence-corrected chi connectivity index (χ3v) is 3.70. The van der Waals surface area contributed by atoms with Crippen LogP contribution < -0.4 is 21.3 Å². The Balaban J connectivity index is 2.20. The van der Waals surface area contributed by atoms with Gasteiger partial charge in [0.1, 0.15) is 11.6 Å². The largest absolute Gasteiger partial charge is 0.482 e. The molecule has 136 valence electrons. The van der Waals surface area contributed by atoms with Gasteiger partial charge < -0.3 is 10.5 Å². The van der Waals surface area contributed by atoms with Crippen LogP contribution in [-0.4, -0.2) is 29.2 Å². The van der Waals surface area contributed by atoms with Crippen LogP contribution in [-0.2, 0) is 0 Å². The fourth-order valence-corrected chi connectivity index (χ4v) is 2.61. The van der Waals surface area contributed by atoms with Gasteiger partial charge in [-0.15, -0.1) is 0 Å². The molecule has 1 aromatic carbocycles. The molecule has 7 nitrogen and oxygen atoms in total. The number of hydrogen-bond donors (Lipinski definition) is 2. The van der Waals surface area contributed by atoms with Crippen molar-refractivity contribution in [1.29, 1.82) is 0 Å². The minimum absolute atomic E-state index is 0.0632. The van der Waals surface area contributed by atoms with Crippen LogP contribution in [0.4, 0.5) is 19.0 Å². The number of carbonyl (C=O) groups excluding carboxylic acids is 2. The number of ether oxygens (including phenoxy) is 1. The fraction of sp³-hybridized carbons (Fsp3) is 0.188. The Hall–Kier alpha value is -3.30. The van der Waals surface area contributed by atoms with Crippen molar-refractivity contribution in [2.75, 3.05) is 12.3 Å². The van der Waals surface area contributed by atoms with Crippen LogP contribution >= 0.6 is 0 Å². The Morgan fingerprint density at radius 3 is 2.50 bits per heavy atom. The van der Waals surface area contributed by atoms with Gasteiger partial charge in [-0.2, -0.15) is 13.2 Å². The summed E-state index contributed by atoms with van der Waals surface area (Å²) in [5.41, 5.74) is 5.27. The molecular weight excluding hydrogens is 355 g/mol. The standard InChI is InChI=1S/C16H12F3N3O4/c1-7-2-3-10(26-6-16(17,18)19)9(4-7)22-11(23)5-8-12(13(22)20)15(25)21-14(8)24/h2-5H,6,20H2,1H3,(H,21,24,25). The van der Waals surface area contributed by atoms with Gasteiger partial charge in [0.25, 0.3) is 17.4 Å². The Kier molecular flexibility index (Phi) is 3.98. The summed E-state index contributed by atoms with van der Waals surface area (Å²) in [7, 11) is 0. The van der Waals surface area contributed by atoms with Gasteiger partial charge in [0.05, 0.1) is 16.8 Å². The molecule has 3 rings (SSSR count). The predicted molar refractivity (Wildman–Crippen MR) is 84.5 cm³/mol. The zero-order chi connectivity index (χ0) is 19.2. The summed E-state index contributed by atoms with van der Waals surface area (Å²) in [6, 6.07) is 5.06. The molecule has 10 heteroatoms. The molecule has 2 heterocycles. The maximum atomic E-state index is 12.5. The molecule has 0 aliphatic carbocycles. The number of imide groups is 1. The second kappa shape index (κ2) is 5.90. The first-order chi connectivity index (χ1) is 12.1. The normalized spacial score (nSPS) is 13.5. The number of nitrogens with zero attached hydrogens (tertiary/aromatic N) is 1. The van der Waals surface area contributed by atoms with Crippen LogP contribution in [0.2, 0.25) is 0 Å². The van der Waals surface area contributed by atoms with Gasteiger partial charge in [0.15, 0.2) is 6.61 Å². The fourth-order valence-electron chi connectivity index (χ4n) is 2.61. The van der Waals surface area contributed by atoms with Crippen LogP contribution in [0.5, 0.6) is 5.75 Å². The zero-order valence-corrected chi connectivity index (χ0v) is 13.3. The van der Waals surface area contributed by atoms with Crippen molar-refractivity contribution in [3.8, 4) is 11.4 Å². The third-order valence-electron chi connectivity index (χ3n) is 3.70. The van der Waals surface area contributed by atoms with Crippen molar-refractivity contribution >= 4 is 17.6 Å². The molecule has 1 aliphatic rings. The molecule has 1 aromatic heterocycles. The number of carbonyl (C=O) groups is 2. The number of halogens is 3. The van der Waals surface area contributed by atoms with Crippen molar-refractivity contribution < 1.29 is 27.5 Å². The zero-order valence-electron chi connectivity index (χ0n) is 13.3. The van der Waals surface area contributed by atoms with E-state index in [0.717, 1.165) is 10.6 Å². The Bertz CT molecular complexity index is 995. The van der Waals surface area contributed by atoms with Crippen molar-refractivity contribution in [2.45, 2.75) is 13.1 Å². The highest BCUT2D eigenvalue weighted by Crippen LogP contribution is 2.30. The summed E-state index contributed by atoms with van der Waals surface area (Å²) < 4.78 is 43.1. The summed E-state index contributed by atoms with van der Waals surface area (Å²) in [5.74, 6) is -2.16. The van der Waals surface area contributed by atoms with Crippen LogP contribution in [0.1, 0.15) is 26.3 Å². The van der Waals surface area contributed by atoms with E-state index in [1.165, 1.54) is 18.2 Å². The lowest BCUT2D eigenvalue weighted by molar-refractivity contribution is -0.153. The van der Waals surface area contributed by atoms with Crippen LogP contribution in [0, 0.1) is 6.92 Å². The number of aromatic nitrogens is 1. The molecule has 2 amide bonds. The Morgan fingerprint density at radius 1 is 1.15 bits per heavy atom. The smallest absolute Gasteiger partial charge is 0.422 e. The second-order valence-electron chi connectivity index (χ2n) is 5.65. The van der Waals surface area contributed by atoms with E-state index in [1.54, 1.807) is 6.92 Å². The molecular formula is C16H12F3N3O4. The number of amides is 2. The van der Waals surface area contributed by atoms with Crippen molar-refractivity contribution in [3.63, 3.8) is 0 Å². The molecule has 0 saturated carbocycles. The van der Waals surface area contributed by atoms with Crippen molar-refractivity contribution in [2.24, 2.45) is 0 Å². The molecule has 2 aromatic rings. The topological polar surface area (TPSA) is 103 Å². The van der Waals surface area contributed by atoms with Crippen LogP contribution in [0.3, 0.4) is 0 Å². The number of nitrogens with one attached hydrogen (secondary N) is 1. The number of pyridine rings is 1. The molecule has 0 unspecified atom stereocenters. The molecule has 0 radical (unpaired) electrons. The Morgan fingerprint density at radius 2 is 1.85 bits per heavy atom. The van der Waals surface area contributed by atoms with E-state index in [-0.39, 0.29) is 28.4 Å². The number of fused-ring (bicyclic) bond motifs is 1. The maximum absolute atomic E-state index is 12.5. The molecule has 0 atom stereocenters. The lowest BCUT2D eigenvalue weighted by Crippen LogP contribution is -2.25. The van der Waals surface area contributed by atoms with Gasteiger partial charge >= 0.3 is 6.18 Å². The molecule has 0 spiro atoms. The average Bonchev–Trinajstić information content (AvgIpc) is 2.80. The van der Waals surface area contributed by atoms with Gasteiger partial charge in [0, 0.05) is 6.07 Å². The van der Waals surface area contributed by atoms with Crippen molar-refractivity contribution in [3.05, 3.63) is 51.3 Å². The van der Waals surface area contributed by atoms with Crippen LogP contribution in [0.25, 0.3) is 5.69 Å². The number of nitrogen functional groups attached to an aromatic ring is 1. The minimum atomic E-state index is -4.58. The lowest BCUT2D eigenvalue weighted by atomic mass is 10.1. The highest BCUT2D eigenvalue weighted by atomic mass is 19.4. The van der Waals surface area contributed by atoms with E-state index in [0.29, 0.717) is 5.56 Å². The average molecular weight is 367 g/mol. The maximum Gasteiger partial charge on any atom is 0.422 e. The van der Waals surface area contributed by atoms with Crippen molar-refractivity contribution in [1.82, 2.24) is 9.88 Å². The molecule has 0 fully saturated rings. The van der Waals surface area contributed by atoms with E-state index in [2.05, 4.69) is 0 Å². The van der Waals surface area contributed by atoms with E-state index in [1.807, 2.05) is 5.32 Å². The monoisotopic (exact) mass is 367 g/mol. The lowest BCUT2D eigenvalue weighted by Gasteiger charge is -2.17. The van der Waals surface area contributed by atoms with E-state index in [4.69, 9.17) is 10.5 Å². The number of benzene rings is 1. The summed E-state index contributed by atoms with van der Waals surface area (Å²) in [6.07, 6.45) is -4.58. The summed E-state index contributed by atoms with van der Waals surface area (Å²) >= 11 is 0. The number of nitrogens with two attached hydrogens (primary N) is 1. The molecule has 0 bridgehead atoms. The minimum Gasteiger partial charge on any atom is -0.482 e. The molecule has 0 saturated heterocycles. The van der Waals surface area contributed by atoms with Crippen LogP contribution in [0.15, 0.2) is 29.1 Å². The highest BCUT2D eigenvalue weighted by molar-refractivity contribution is 6.23. The molecule has 1 aliphatic heterocycles. The Labute approximate surface area is 144 Å². The van der Waals surface area contributed by atoms with E-state index in [9.17, 15) is 27.6 Å². The van der Waals surface area contributed by atoms with Gasteiger partial charge in [-0.05, 0) is 24.6 Å². The van der Waals surface area contributed by atoms with Gasteiger partial charge in [-0.1, -0.05) is 6.07 Å². The van der Waals surface area contributed by atoms with Gasteiger partial charge in [-0.3, -0.25) is 24.3 Å². The summed E-state index contributed by atoms with van der Waals surface area (Å²) in [6.45, 7) is 0.0868. The third kappa shape index (κ3) is 3.01. The number of anilines is 1. The first-order valence-corrected chi connectivity index (χ1v) is 7.30. The first-order valence-electron chi connectivity index (χ1n) is 7.30. The van der Waals surface area contributed by atoms with Gasteiger partial charge in [0.2, 0.25) is 0 Å². The molecule has 3 N–H and O–H groups in total.